The zero-order chi connectivity index (χ0) is 26.6. The summed E-state index contributed by atoms with van der Waals surface area (Å²) < 4.78 is 41.1. The Morgan fingerprint density at radius 2 is 1.36 bits per heavy atom. The third kappa shape index (κ3) is 8.43. The lowest BCUT2D eigenvalue weighted by atomic mass is 10.0. The average molecular weight is 520 g/mol. The van der Waals surface area contributed by atoms with Crippen molar-refractivity contribution in [2.75, 3.05) is 46.3 Å². The maximum absolute atomic E-state index is 13.6. The van der Waals surface area contributed by atoms with Crippen LogP contribution in [0, 0.1) is 5.92 Å². The molecular formula is C27H37NO7S. The summed E-state index contributed by atoms with van der Waals surface area (Å²) >= 11 is 0. The van der Waals surface area contributed by atoms with E-state index in [2.05, 4.69) is 0 Å². The fourth-order valence-corrected chi connectivity index (χ4v) is 5.26. The van der Waals surface area contributed by atoms with E-state index in [1.54, 1.807) is 0 Å². The van der Waals surface area contributed by atoms with Gasteiger partial charge in [-0.15, -0.1) is 0 Å². The van der Waals surface area contributed by atoms with Crippen molar-refractivity contribution in [3.05, 3.63) is 71.8 Å². The number of methoxy groups -OCH3 is 2. The van der Waals surface area contributed by atoms with Crippen LogP contribution in [0.1, 0.15) is 25.0 Å². The SMILES string of the molecule is COCCN(CCOC)C(=O)C(C)(C)S(=O)(=O)CC(Cc1ccccc1)C(=O)OCc1ccccc1. The Balaban J connectivity index is 2.25. The van der Waals surface area contributed by atoms with Crippen LogP contribution in [0.15, 0.2) is 60.7 Å². The number of benzene rings is 2. The Hall–Kier alpha value is -2.75. The summed E-state index contributed by atoms with van der Waals surface area (Å²) in [6.07, 6.45) is 0.176. The molecule has 0 saturated carbocycles. The average Bonchev–Trinajstić information content (AvgIpc) is 2.87. The molecule has 0 radical (unpaired) electrons. The first kappa shape index (κ1) is 29.5. The number of esters is 1. The molecule has 0 aliphatic carbocycles. The molecule has 0 aliphatic rings. The van der Waals surface area contributed by atoms with Crippen molar-refractivity contribution < 1.29 is 32.2 Å². The van der Waals surface area contributed by atoms with Crippen molar-refractivity contribution in [2.24, 2.45) is 5.92 Å². The van der Waals surface area contributed by atoms with Crippen molar-refractivity contribution in [3.8, 4) is 0 Å². The van der Waals surface area contributed by atoms with E-state index >= 15 is 0 Å². The highest BCUT2D eigenvalue weighted by molar-refractivity contribution is 7.93. The van der Waals surface area contributed by atoms with Gasteiger partial charge in [-0.25, -0.2) is 8.42 Å². The number of sulfone groups is 1. The second-order valence-corrected chi connectivity index (χ2v) is 11.6. The predicted octanol–water partition coefficient (Wildman–Crippen LogP) is 2.90. The van der Waals surface area contributed by atoms with Crippen LogP contribution in [0.25, 0.3) is 0 Å². The number of hydrogen-bond acceptors (Lipinski definition) is 7. The van der Waals surface area contributed by atoms with E-state index in [9.17, 15) is 18.0 Å². The molecule has 1 atom stereocenters. The Kier molecular flexibility index (Phi) is 11.6. The molecule has 0 N–H and O–H groups in total. The fourth-order valence-electron chi connectivity index (χ4n) is 3.66. The van der Waals surface area contributed by atoms with Gasteiger partial charge in [0.25, 0.3) is 0 Å². The Morgan fingerprint density at radius 3 is 1.86 bits per heavy atom. The molecule has 0 aliphatic heterocycles. The number of carbonyl (C=O) groups is 2. The highest BCUT2D eigenvalue weighted by Gasteiger charge is 2.46. The summed E-state index contributed by atoms with van der Waals surface area (Å²) in [5, 5.41) is 0. The second kappa shape index (κ2) is 14.1. The third-order valence-electron chi connectivity index (χ3n) is 6.01. The summed E-state index contributed by atoms with van der Waals surface area (Å²) in [7, 11) is -1.06. The molecule has 0 heterocycles. The van der Waals surface area contributed by atoms with Gasteiger partial charge < -0.3 is 19.1 Å². The van der Waals surface area contributed by atoms with Gasteiger partial charge in [-0.3, -0.25) is 9.59 Å². The molecule has 2 rings (SSSR count). The van der Waals surface area contributed by atoms with E-state index in [0.717, 1.165) is 11.1 Å². The molecular weight excluding hydrogens is 482 g/mol. The van der Waals surface area contributed by atoms with Crippen LogP contribution in [0.5, 0.6) is 0 Å². The third-order valence-corrected chi connectivity index (χ3v) is 8.58. The van der Waals surface area contributed by atoms with Crippen molar-refractivity contribution >= 4 is 21.7 Å². The monoisotopic (exact) mass is 519 g/mol. The van der Waals surface area contributed by atoms with Gasteiger partial charge in [-0.2, -0.15) is 0 Å². The summed E-state index contributed by atoms with van der Waals surface area (Å²) in [5.74, 6) is -2.67. The van der Waals surface area contributed by atoms with E-state index in [4.69, 9.17) is 14.2 Å². The molecule has 0 aromatic heterocycles. The van der Waals surface area contributed by atoms with E-state index in [0.29, 0.717) is 0 Å². The molecule has 8 nitrogen and oxygen atoms in total. The summed E-state index contributed by atoms with van der Waals surface area (Å²) in [6.45, 7) is 3.77. The Morgan fingerprint density at radius 1 is 0.861 bits per heavy atom. The zero-order valence-corrected chi connectivity index (χ0v) is 22.3. The normalized spacial score (nSPS) is 12.7. The van der Waals surface area contributed by atoms with Crippen LogP contribution in [-0.2, 0) is 46.7 Å². The van der Waals surface area contributed by atoms with Gasteiger partial charge in [-0.05, 0) is 31.4 Å². The number of nitrogens with zero attached hydrogens (tertiary/aromatic N) is 1. The number of rotatable bonds is 15. The molecule has 0 spiro atoms. The van der Waals surface area contributed by atoms with Gasteiger partial charge in [-0.1, -0.05) is 60.7 Å². The topological polar surface area (TPSA) is 99.2 Å². The first-order chi connectivity index (χ1) is 17.1. The lowest BCUT2D eigenvalue weighted by Gasteiger charge is -2.32. The van der Waals surface area contributed by atoms with Gasteiger partial charge in [0, 0.05) is 27.3 Å². The van der Waals surface area contributed by atoms with Crippen molar-refractivity contribution in [3.63, 3.8) is 0 Å². The molecule has 198 valence electrons. The first-order valence-corrected chi connectivity index (χ1v) is 13.5. The van der Waals surface area contributed by atoms with E-state index in [1.165, 1.54) is 33.0 Å². The minimum absolute atomic E-state index is 0.0369. The van der Waals surface area contributed by atoms with Gasteiger partial charge >= 0.3 is 5.97 Å². The van der Waals surface area contributed by atoms with Crippen molar-refractivity contribution in [1.82, 2.24) is 4.90 Å². The molecule has 0 fully saturated rings. The standard InChI is InChI=1S/C27H37NO7S/c1-27(2,26(30)28(15-17-33-3)16-18-34-4)36(31,32)21-24(19-22-11-7-5-8-12-22)25(29)35-20-23-13-9-6-10-14-23/h5-14,24H,15-21H2,1-4H3. The maximum atomic E-state index is 13.6. The van der Waals surface area contributed by atoms with Crippen LogP contribution in [0.4, 0.5) is 0 Å². The fraction of sp³-hybridized carbons (Fsp3) is 0.481. The minimum Gasteiger partial charge on any atom is -0.461 e. The number of carbonyl (C=O) groups excluding carboxylic acids is 2. The molecule has 2 aromatic carbocycles. The summed E-state index contributed by atoms with van der Waals surface area (Å²) in [4.78, 5) is 27.9. The molecule has 1 unspecified atom stereocenters. The number of hydrogen-bond donors (Lipinski definition) is 0. The molecule has 36 heavy (non-hydrogen) atoms. The van der Waals surface area contributed by atoms with Crippen molar-refractivity contribution in [2.45, 2.75) is 31.6 Å². The van der Waals surface area contributed by atoms with E-state index in [-0.39, 0.29) is 39.3 Å². The summed E-state index contributed by atoms with van der Waals surface area (Å²) in [6, 6.07) is 18.3. The van der Waals surface area contributed by atoms with Crippen LogP contribution in [-0.4, -0.2) is 76.2 Å². The van der Waals surface area contributed by atoms with E-state index < -0.39 is 38.1 Å². The Labute approximate surface area is 214 Å². The van der Waals surface area contributed by atoms with Gasteiger partial charge in [0.15, 0.2) is 9.84 Å². The first-order valence-electron chi connectivity index (χ1n) is 11.9. The quantitative estimate of drug-likeness (QED) is 0.334. The van der Waals surface area contributed by atoms with Crippen LogP contribution < -0.4 is 0 Å². The van der Waals surface area contributed by atoms with E-state index in [1.807, 2.05) is 60.7 Å². The van der Waals surface area contributed by atoms with Gasteiger partial charge in [0.1, 0.15) is 11.4 Å². The maximum Gasteiger partial charge on any atom is 0.310 e. The zero-order valence-electron chi connectivity index (χ0n) is 21.5. The van der Waals surface area contributed by atoms with Crippen LogP contribution >= 0.6 is 0 Å². The molecule has 0 bridgehead atoms. The molecule has 1 amide bonds. The largest absolute Gasteiger partial charge is 0.461 e. The molecule has 9 heteroatoms. The highest BCUT2D eigenvalue weighted by atomic mass is 32.2. The van der Waals surface area contributed by atoms with Gasteiger partial charge in [0.05, 0.1) is 24.9 Å². The number of ether oxygens (including phenoxy) is 3. The second-order valence-electron chi connectivity index (χ2n) is 9.05. The highest BCUT2D eigenvalue weighted by Crippen LogP contribution is 2.25. The minimum atomic E-state index is -4.08. The van der Waals surface area contributed by atoms with Crippen molar-refractivity contribution in [1.29, 1.82) is 0 Å². The summed E-state index contributed by atoms with van der Waals surface area (Å²) in [5.41, 5.74) is 1.61. The van der Waals surface area contributed by atoms with Gasteiger partial charge in [0.2, 0.25) is 5.91 Å². The predicted molar refractivity (Wildman–Crippen MR) is 138 cm³/mol. The smallest absolute Gasteiger partial charge is 0.310 e. The number of amides is 1. The van der Waals surface area contributed by atoms with Crippen LogP contribution in [0.3, 0.4) is 0 Å². The van der Waals surface area contributed by atoms with Crippen LogP contribution in [0.2, 0.25) is 0 Å². The molecule has 2 aromatic rings. The lowest BCUT2D eigenvalue weighted by Crippen LogP contribution is -2.53. The molecule has 0 saturated heterocycles. The lowest BCUT2D eigenvalue weighted by molar-refractivity contribution is -0.149. The Bertz CT molecular complexity index is 1050.